The molecular formula is C12H21N3O2S2. The number of rotatable bonds is 7. The van der Waals surface area contributed by atoms with E-state index in [9.17, 15) is 8.42 Å². The van der Waals surface area contributed by atoms with Crippen LogP contribution in [-0.4, -0.2) is 42.7 Å². The maximum atomic E-state index is 11.1. The van der Waals surface area contributed by atoms with Gasteiger partial charge in [-0.15, -0.1) is 11.8 Å². The summed E-state index contributed by atoms with van der Waals surface area (Å²) in [4.78, 5) is 8.91. The van der Waals surface area contributed by atoms with E-state index in [0.29, 0.717) is 5.75 Å². The van der Waals surface area contributed by atoms with Crippen LogP contribution in [0.3, 0.4) is 0 Å². The third kappa shape index (κ3) is 5.36. The highest BCUT2D eigenvalue weighted by molar-refractivity contribution is 8.00. The second kappa shape index (κ2) is 7.09. The summed E-state index contributed by atoms with van der Waals surface area (Å²) >= 11 is 1.47. The van der Waals surface area contributed by atoms with Crippen LogP contribution >= 0.6 is 11.8 Å². The van der Waals surface area contributed by atoms with Crippen molar-refractivity contribution in [1.82, 2.24) is 9.97 Å². The lowest BCUT2D eigenvalue weighted by Gasteiger charge is -2.12. The zero-order valence-corrected chi connectivity index (χ0v) is 13.5. The molecule has 0 spiro atoms. The van der Waals surface area contributed by atoms with Gasteiger partial charge in [0, 0.05) is 30.5 Å². The van der Waals surface area contributed by atoms with E-state index in [4.69, 9.17) is 0 Å². The molecular weight excluding hydrogens is 282 g/mol. The molecule has 0 aliphatic rings. The van der Waals surface area contributed by atoms with Gasteiger partial charge in [0.1, 0.15) is 26.5 Å². The Bertz CT molecular complexity index is 530. The Labute approximate surface area is 119 Å². The number of sulfone groups is 1. The molecule has 0 unspecified atom stereocenters. The van der Waals surface area contributed by atoms with Gasteiger partial charge < -0.3 is 5.32 Å². The maximum absolute atomic E-state index is 11.1. The van der Waals surface area contributed by atoms with Gasteiger partial charge in [-0.25, -0.2) is 18.4 Å². The van der Waals surface area contributed by atoms with E-state index in [1.54, 1.807) is 0 Å². The van der Waals surface area contributed by atoms with Crippen molar-refractivity contribution < 1.29 is 8.42 Å². The Morgan fingerprint density at radius 2 is 1.95 bits per heavy atom. The summed E-state index contributed by atoms with van der Waals surface area (Å²) in [6, 6.07) is 0. The van der Waals surface area contributed by atoms with E-state index < -0.39 is 9.84 Å². The Balaban J connectivity index is 2.89. The van der Waals surface area contributed by atoms with E-state index in [1.165, 1.54) is 18.0 Å². The standard InChI is InChI=1S/C12H21N3O2S2/c1-5-10-14-11(13-6-2)9(3)12(15-10)18-7-8-19(4,16)17/h5-8H2,1-4H3,(H,13,14,15). The molecule has 0 atom stereocenters. The number of aryl methyl sites for hydroxylation is 1. The summed E-state index contributed by atoms with van der Waals surface area (Å²) in [6.07, 6.45) is 2.01. The van der Waals surface area contributed by atoms with Crippen LogP contribution in [0.1, 0.15) is 25.2 Å². The molecule has 0 saturated carbocycles. The van der Waals surface area contributed by atoms with E-state index in [0.717, 1.165) is 35.2 Å². The molecule has 1 heterocycles. The topological polar surface area (TPSA) is 72.0 Å². The second-order valence-electron chi connectivity index (χ2n) is 4.28. The number of nitrogens with zero attached hydrogens (tertiary/aromatic N) is 2. The highest BCUT2D eigenvalue weighted by atomic mass is 32.2. The zero-order valence-electron chi connectivity index (χ0n) is 11.9. The normalized spacial score (nSPS) is 11.6. The number of hydrogen-bond acceptors (Lipinski definition) is 6. The minimum Gasteiger partial charge on any atom is -0.370 e. The molecule has 0 radical (unpaired) electrons. The summed E-state index contributed by atoms with van der Waals surface area (Å²) in [5.41, 5.74) is 0.984. The van der Waals surface area contributed by atoms with Crippen molar-refractivity contribution in [2.45, 2.75) is 32.2 Å². The fourth-order valence-corrected chi connectivity index (χ4v) is 3.69. The van der Waals surface area contributed by atoms with Crippen molar-refractivity contribution in [3.05, 3.63) is 11.4 Å². The minimum atomic E-state index is -2.92. The molecule has 0 fully saturated rings. The van der Waals surface area contributed by atoms with Crippen molar-refractivity contribution in [3.63, 3.8) is 0 Å². The van der Waals surface area contributed by atoms with Crippen LogP contribution in [0.4, 0.5) is 5.82 Å². The van der Waals surface area contributed by atoms with Gasteiger partial charge in [0.05, 0.1) is 5.75 Å². The van der Waals surface area contributed by atoms with Crippen molar-refractivity contribution in [1.29, 1.82) is 0 Å². The van der Waals surface area contributed by atoms with E-state index >= 15 is 0 Å². The van der Waals surface area contributed by atoms with Crippen molar-refractivity contribution in [2.75, 3.05) is 29.6 Å². The van der Waals surface area contributed by atoms with Crippen LogP contribution in [0.2, 0.25) is 0 Å². The highest BCUT2D eigenvalue weighted by Gasteiger charge is 2.11. The van der Waals surface area contributed by atoms with Gasteiger partial charge in [-0.2, -0.15) is 0 Å². The van der Waals surface area contributed by atoms with Gasteiger partial charge in [0.15, 0.2) is 0 Å². The quantitative estimate of drug-likeness (QED) is 0.613. The molecule has 7 heteroatoms. The Morgan fingerprint density at radius 3 is 2.47 bits per heavy atom. The first-order chi connectivity index (χ1) is 8.87. The minimum absolute atomic E-state index is 0.166. The fourth-order valence-electron chi connectivity index (χ4n) is 1.47. The molecule has 0 aliphatic heterocycles. The predicted octanol–water partition coefficient (Wildman–Crippen LogP) is 1.92. The monoisotopic (exact) mass is 303 g/mol. The average Bonchev–Trinajstić information content (AvgIpc) is 2.32. The summed E-state index contributed by atoms with van der Waals surface area (Å²) in [6.45, 7) is 6.78. The van der Waals surface area contributed by atoms with Crippen molar-refractivity contribution in [2.24, 2.45) is 0 Å². The summed E-state index contributed by atoms with van der Waals surface area (Å²) in [5.74, 6) is 2.31. The summed E-state index contributed by atoms with van der Waals surface area (Å²) in [7, 11) is -2.92. The average molecular weight is 303 g/mol. The van der Waals surface area contributed by atoms with Crippen LogP contribution in [-0.2, 0) is 16.3 Å². The van der Waals surface area contributed by atoms with Gasteiger partial charge in [-0.3, -0.25) is 0 Å². The van der Waals surface area contributed by atoms with Crippen LogP contribution < -0.4 is 5.32 Å². The van der Waals surface area contributed by atoms with Gasteiger partial charge in [-0.1, -0.05) is 6.92 Å². The molecule has 1 N–H and O–H groups in total. The molecule has 0 bridgehead atoms. The molecule has 19 heavy (non-hydrogen) atoms. The number of aromatic nitrogens is 2. The molecule has 1 aromatic heterocycles. The lowest BCUT2D eigenvalue weighted by atomic mass is 10.3. The Kier molecular flexibility index (Phi) is 6.06. The fraction of sp³-hybridized carbons (Fsp3) is 0.667. The largest absolute Gasteiger partial charge is 0.370 e. The van der Waals surface area contributed by atoms with Crippen molar-refractivity contribution in [3.8, 4) is 0 Å². The van der Waals surface area contributed by atoms with Gasteiger partial charge in [0.2, 0.25) is 0 Å². The number of thioether (sulfide) groups is 1. The molecule has 1 aromatic rings. The van der Waals surface area contributed by atoms with Gasteiger partial charge in [-0.05, 0) is 13.8 Å². The second-order valence-corrected chi connectivity index (χ2v) is 7.62. The molecule has 0 aliphatic carbocycles. The molecule has 0 saturated heterocycles. The Hall–Kier alpha value is -0.820. The molecule has 1 rings (SSSR count). The zero-order chi connectivity index (χ0) is 14.5. The van der Waals surface area contributed by atoms with Crippen LogP contribution in [0, 0.1) is 6.92 Å². The first-order valence-electron chi connectivity index (χ1n) is 6.29. The van der Waals surface area contributed by atoms with Crippen LogP contribution in [0.15, 0.2) is 5.03 Å². The van der Waals surface area contributed by atoms with Gasteiger partial charge >= 0.3 is 0 Å². The number of hydrogen-bond donors (Lipinski definition) is 1. The van der Waals surface area contributed by atoms with Crippen LogP contribution in [0.25, 0.3) is 0 Å². The summed E-state index contributed by atoms with van der Waals surface area (Å²) in [5, 5.41) is 4.08. The first kappa shape index (κ1) is 16.2. The van der Waals surface area contributed by atoms with E-state index in [-0.39, 0.29) is 5.75 Å². The predicted molar refractivity (Wildman–Crippen MR) is 80.7 cm³/mol. The lowest BCUT2D eigenvalue weighted by Crippen LogP contribution is -2.09. The summed E-state index contributed by atoms with van der Waals surface area (Å²) < 4.78 is 22.3. The van der Waals surface area contributed by atoms with Gasteiger partial charge in [0.25, 0.3) is 0 Å². The van der Waals surface area contributed by atoms with E-state index in [1.807, 2.05) is 20.8 Å². The first-order valence-corrected chi connectivity index (χ1v) is 9.33. The Morgan fingerprint density at radius 1 is 1.26 bits per heavy atom. The molecule has 108 valence electrons. The third-order valence-corrected chi connectivity index (χ3v) is 4.78. The maximum Gasteiger partial charge on any atom is 0.148 e. The van der Waals surface area contributed by atoms with E-state index in [2.05, 4.69) is 15.3 Å². The van der Waals surface area contributed by atoms with Crippen LogP contribution in [0.5, 0.6) is 0 Å². The lowest BCUT2D eigenvalue weighted by molar-refractivity contribution is 0.603. The molecule has 0 aromatic carbocycles. The van der Waals surface area contributed by atoms with Crippen molar-refractivity contribution >= 4 is 27.4 Å². The number of nitrogens with one attached hydrogen (secondary N) is 1. The smallest absolute Gasteiger partial charge is 0.148 e. The molecule has 0 amide bonds. The highest BCUT2D eigenvalue weighted by Crippen LogP contribution is 2.25. The molecule has 5 nitrogen and oxygen atoms in total. The number of anilines is 1. The SMILES string of the molecule is CCNc1nc(CC)nc(SCCS(C)(=O)=O)c1C. The third-order valence-electron chi connectivity index (χ3n) is 2.50.